The van der Waals surface area contributed by atoms with Gasteiger partial charge in [0.05, 0.1) is 22.6 Å². The monoisotopic (exact) mass is 381 g/mol. The molecule has 3 heterocycles. The Labute approximate surface area is 153 Å². The molecule has 1 aromatic heterocycles. The minimum atomic E-state index is -1.12. The number of thioether (sulfide) groups is 2. The highest BCUT2D eigenvalue weighted by Gasteiger charge is 2.67. The summed E-state index contributed by atoms with van der Waals surface area (Å²) >= 11 is 2.77. The van der Waals surface area contributed by atoms with E-state index in [1.807, 2.05) is 10.8 Å². The van der Waals surface area contributed by atoms with Crippen molar-refractivity contribution in [3.05, 3.63) is 41.3 Å². The normalized spacial score (nSPS) is 26.4. The van der Waals surface area contributed by atoms with Gasteiger partial charge in [0, 0.05) is 24.7 Å². The van der Waals surface area contributed by atoms with Gasteiger partial charge < -0.3 is 14.8 Å². The molecule has 1 fully saturated rings. The van der Waals surface area contributed by atoms with E-state index in [0.29, 0.717) is 23.0 Å². The lowest BCUT2D eigenvalue weighted by Crippen LogP contribution is -2.69. The quantitative estimate of drug-likeness (QED) is 0.523. The maximum atomic E-state index is 12.5. The molecule has 2 aliphatic heterocycles. The van der Waals surface area contributed by atoms with Gasteiger partial charge in [0.15, 0.2) is 5.70 Å². The Morgan fingerprint density at radius 3 is 2.96 bits per heavy atom. The molecule has 1 saturated heterocycles. The first-order valence-corrected chi connectivity index (χ1v) is 9.60. The molecule has 3 rings (SSSR count). The second kappa shape index (κ2) is 6.89. The molecule has 1 amide bonds. The summed E-state index contributed by atoms with van der Waals surface area (Å²) in [5.74, 6) is -1.44. The number of rotatable bonds is 8. The lowest BCUT2D eigenvalue weighted by atomic mass is 9.80. The first-order valence-electron chi connectivity index (χ1n) is 7.80. The van der Waals surface area contributed by atoms with Crippen molar-refractivity contribution >= 4 is 35.4 Å². The Morgan fingerprint density at radius 2 is 2.40 bits per heavy atom. The van der Waals surface area contributed by atoms with Crippen LogP contribution in [0, 0.1) is 5.92 Å². The molecule has 0 aromatic carbocycles. The number of carboxylic acids is 1. The summed E-state index contributed by atoms with van der Waals surface area (Å²) < 4.78 is 2.51. The molecule has 9 heteroatoms. The zero-order valence-electron chi connectivity index (χ0n) is 13.7. The summed E-state index contributed by atoms with van der Waals surface area (Å²) in [7, 11) is 0. The number of imidazole rings is 1. The van der Waals surface area contributed by atoms with Crippen LogP contribution in [0.4, 0.5) is 0 Å². The SMILES string of the molecule is C=CC[C@]12SC(SCCn3ccnc3)=C(C(=O)O)N1C(=O)[C@@H]2C(C)O. The van der Waals surface area contributed by atoms with Crippen molar-refractivity contribution in [2.75, 3.05) is 5.75 Å². The first kappa shape index (κ1) is 18.1. The highest BCUT2D eigenvalue weighted by Crippen LogP contribution is 2.62. The number of aromatic nitrogens is 2. The van der Waals surface area contributed by atoms with Gasteiger partial charge in [-0.25, -0.2) is 9.78 Å². The topological polar surface area (TPSA) is 95.7 Å². The fourth-order valence-corrected chi connectivity index (χ4v) is 6.51. The summed E-state index contributed by atoms with van der Waals surface area (Å²) in [6.45, 7) is 5.98. The predicted octanol–water partition coefficient (Wildman–Crippen LogP) is 1.73. The van der Waals surface area contributed by atoms with Crippen LogP contribution < -0.4 is 0 Å². The maximum Gasteiger partial charge on any atom is 0.354 e. The summed E-state index contributed by atoms with van der Waals surface area (Å²) in [6.07, 6.45) is 6.47. The molecular weight excluding hydrogens is 362 g/mol. The van der Waals surface area contributed by atoms with E-state index in [-0.39, 0.29) is 11.6 Å². The zero-order chi connectivity index (χ0) is 18.2. The number of nitrogens with zero attached hydrogens (tertiary/aromatic N) is 3. The van der Waals surface area contributed by atoms with E-state index in [4.69, 9.17) is 0 Å². The number of hydrogen-bond acceptors (Lipinski definition) is 6. The fourth-order valence-electron chi connectivity index (χ4n) is 3.29. The lowest BCUT2D eigenvalue weighted by molar-refractivity contribution is -0.166. The van der Waals surface area contributed by atoms with Crippen LogP contribution in [0.1, 0.15) is 13.3 Å². The zero-order valence-corrected chi connectivity index (χ0v) is 15.3. The predicted molar refractivity (Wildman–Crippen MR) is 96.5 cm³/mol. The van der Waals surface area contributed by atoms with Crippen molar-refractivity contribution < 1.29 is 19.8 Å². The van der Waals surface area contributed by atoms with Gasteiger partial charge in [-0.1, -0.05) is 17.8 Å². The second-order valence-electron chi connectivity index (χ2n) is 5.92. The highest BCUT2D eigenvalue weighted by molar-refractivity contribution is 8.23. The van der Waals surface area contributed by atoms with Crippen LogP contribution >= 0.6 is 23.5 Å². The van der Waals surface area contributed by atoms with Gasteiger partial charge >= 0.3 is 5.97 Å². The second-order valence-corrected chi connectivity index (χ2v) is 8.60. The lowest BCUT2D eigenvalue weighted by Gasteiger charge is -2.54. The molecule has 7 nitrogen and oxygen atoms in total. The number of carboxylic acid groups (broad SMARTS) is 1. The van der Waals surface area contributed by atoms with E-state index >= 15 is 0 Å². The number of carbonyl (C=O) groups is 2. The van der Waals surface area contributed by atoms with Crippen LogP contribution in [0.2, 0.25) is 0 Å². The van der Waals surface area contributed by atoms with Gasteiger partial charge in [0.1, 0.15) is 4.87 Å². The van der Waals surface area contributed by atoms with E-state index in [9.17, 15) is 19.8 Å². The fraction of sp³-hybridized carbons (Fsp3) is 0.438. The Morgan fingerprint density at radius 1 is 1.64 bits per heavy atom. The Kier molecular flexibility index (Phi) is 4.99. The Balaban J connectivity index is 1.83. The molecule has 0 bridgehead atoms. The van der Waals surface area contributed by atoms with Crippen molar-refractivity contribution in [3.63, 3.8) is 0 Å². The molecule has 0 saturated carbocycles. The summed E-state index contributed by atoms with van der Waals surface area (Å²) in [6, 6.07) is 0. The summed E-state index contributed by atoms with van der Waals surface area (Å²) in [5.41, 5.74) is 0.0179. The minimum absolute atomic E-state index is 0.0179. The summed E-state index contributed by atoms with van der Waals surface area (Å²) in [5, 5.41) is 19.6. The molecule has 2 N–H and O–H groups in total. The van der Waals surface area contributed by atoms with Crippen molar-refractivity contribution in [1.29, 1.82) is 0 Å². The van der Waals surface area contributed by atoms with Crippen LogP contribution in [-0.2, 0) is 16.1 Å². The average molecular weight is 381 g/mol. The van der Waals surface area contributed by atoms with E-state index in [2.05, 4.69) is 11.6 Å². The van der Waals surface area contributed by atoms with Crippen LogP contribution in [-0.4, -0.2) is 53.3 Å². The molecule has 25 heavy (non-hydrogen) atoms. The number of β-lactam (4-membered cyclic amide) rings is 1. The van der Waals surface area contributed by atoms with Crippen molar-refractivity contribution in [1.82, 2.24) is 14.5 Å². The first-order chi connectivity index (χ1) is 11.9. The molecule has 1 aromatic rings. The van der Waals surface area contributed by atoms with Crippen LogP contribution in [0.15, 0.2) is 41.3 Å². The third kappa shape index (κ3) is 2.90. The number of aryl methyl sites for hydroxylation is 1. The Hall–Kier alpha value is -1.71. The number of aliphatic hydroxyl groups excluding tert-OH is 1. The van der Waals surface area contributed by atoms with Crippen molar-refractivity contribution in [2.24, 2.45) is 5.92 Å². The summed E-state index contributed by atoms with van der Waals surface area (Å²) in [4.78, 5) is 28.8. The van der Waals surface area contributed by atoms with Gasteiger partial charge in [-0.05, 0) is 13.3 Å². The van der Waals surface area contributed by atoms with Gasteiger partial charge in [0.25, 0.3) is 0 Å². The molecule has 134 valence electrons. The van der Waals surface area contributed by atoms with Crippen LogP contribution in [0.25, 0.3) is 0 Å². The third-order valence-corrected chi connectivity index (χ3v) is 7.08. The van der Waals surface area contributed by atoms with Crippen LogP contribution in [0.5, 0.6) is 0 Å². The van der Waals surface area contributed by atoms with Gasteiger partial charge in [0.2, 0.25) is 5.91 Å². The number of fused-ring (bicyclic) bond motifs is 1. The number of aliphatic carboxylic acids is 1. The Bertz CT molecular complexity index is 732. The van der Waals surface area contributed by atoms with E-state index in [0.717, 1.165) is 0 Å². The molecular formula is C16H19N3O4S2. The smallest absolute Gasteiger partial charge is 0.354 e. The number of hydrogen-bond donors (Lipinski definition) is 2. The largest absolute Gasteiger partial charge is 0.477 e. The maximum absolute atomic E-state index is 12.5. The molecule has 0 radical (unpaired) electrons. The number of carbonyl (C=O) groups excluding carboxylic acids is 1. The van der Waals surface area contributed by atoms with Gasteiger partial charge in [-0.3, -0.25) is 9.69 Å². The standard InChI is InChI=1S/C16H19N3O4S2/c1-3-4-16-11(10(2)20)13(21)19(16)12(14(22)23)15(25-16)24-8-7-18-6-5-17-9-18/h3,5-6,9-11,20H,1,4,7-8H2,2H3,(H,22,23)/t10?,11-,16+/m0/s1. The van der Waals surface area contributed by atoms with Gasteiger partial charge in [-0.2, -0.15) is 0 Å². The molecule has 2 aliphatic rings. The van der Waals surface area contributed by atoms with Gasteiger partial charge in [-0.15, -0.1) is 18.3 Å². The van der Waals surface area contributed by atoms with E-state index < -0.39 is 22.9 Å². The van der Waals surface area contributed by atoms with Crippen molar-refractivity contribution in [2.45, 2.75) is 30.9 Å². The number of aliphatic hydroxyl groups is 1. The third-order valence-electron chi connectivity index (χ3n) is 4.30. The van der Waals surface area contributed by atoms with Crippen molar-refractivity contribution in [3.8, 4) is 0 Å². The number of amides is 1. The highest BCUT2D eigenvalue weighted by atomic mass is 32.2. The molecule has 1 unspecified atom stereocenters. The average Bonchev–Trinajstić information content (AvgIpc) is 3.12. The van der Waals surface area contributed by atoms with Crippen LogP contribution in [0.3, 0.4) is 0 Å². The minimum Gasteiger partial charge on any atom is -0.477 e. The molecule has 0 spiro atoms. The molecule has 0 aliphatic carbocycles. The van der Waals surface area contributed by atoms with E-state index in [1.54, 1.807) is 25.5 Å². The van der Waals surface area contributed by atoms with E-state index in [1.165, 1.54) is 28.4 Å². The molecule has 3 atom stereocenters.